The van der Waals surface area contributed by atoms with Gasteiger partial charge in [0.1, 0.15) is 5.75 Å². The van der Waals surface area contributed by atoms with Crippen molar-refractivity contribution in [1.29, 1.82) is 0 Å². The fourth-order valence-electron chi connectivity index (χ4n) is 2.40. The average Bonchev–Trinajstić information content (AvgIpc) is 3.04. The van der Waals surface area contributed by atoms with Crippen molar-refractivity contribution in [2.45, 2.75) is 33.7 Å². The maximum Gasteiger partial charge on any atom is 0.191 e. The SMILES string of the molecule is CCNC(=NCc1ccnn1C)NCCc1ccc(OCC(C)C)cc1. The van der Waals surface area contributed by atoms with E-state index in [1.54, 1.807) is 6.20 Å². The first-order valence-corrected chi connectivity index (χ1v) is 9.29. The molecule has 0 aliphatic rings. The lowest BCUT2D eigenvalue weighted by Gasteiger charge is -2.12. The number of aryl methyl sites for hydroxylation is 1. The van der Waals surface area contributed by atoms with Crippen LogP contribution in [-0.4, -0.2) is 35.4 Å². The summed E-state index contributed by atoms with van der Waals surface area (Å²) in [6, 6.07) is 10.3. The second-order valence-electron chi connectivity index (χ2n) is 6.67. The predicted molar refractivity (Wildman–Crippen MR) is 107 cm³/mol. The number of aromatic nitrogens is 2. The molecular weight excluding hydrogens is 326 g/mol. The Bertz CT molecular complexity index is 676. The van der Waals surface area contributed by atoms with Gasteiger partial charge in [-0.05, 0) is 43.0 Å². The molecule has 0 aliphatic heterocycles. The zero-order valence-electron chi connectivity index (χ0n) is 16.3. The van der Waals surface area contributed by atoms with Crippen molar-refractivity contribution in [2.24, 2.45) is 18.0 Å². The number of nitrogens with one attached hydrogen (secondary N) is 2. The van der Waals surface area contributed by atoms with E-state index in [1.807, 2.05) is 29.9 Å². The minimum Gasteiger partial charge on any atom is -0.493 e. The molecule has 2 aromatic rings. The summed E-state index contributed by atoms with van der Waals surface area (Å²) in [4.78, 5) is 4.62. The molecule has 26 heavy (non-hydrogen) atoms. The van der Waals surface area contributed by atoms with Gasteiger partial charge in [0.2, 0.25) is 0 Å². The zero-order chi connectivity index (χ0) is 18.8. The number of benzene rings is 1. The maximum absolute atomic E-state index is 5.72. The molecule has 142 valence electrons. The van der Waals surface area contributed by atoms with Crippen molar-refractivity contribution in [3.8, 4) is 5.75 Å². The van der Waals surface area contributed by atoms with E-state index in [0.29, 0.717) is 12.5 Å². The average molecular weight is 358 g/mol. The van der Waals surface area contributed by atoms with Crippen molar-refractivity contribution in [1.82, 2.24) is 20.4 Å². The Labute approximate surface area is 156 Å². The highest BCUT2D eigenvalue weighted by Crippen LogP contribution is 2.13. The topological polar surface area (TPSA) is 63.5 Å². The molecule has 0 unspecified atom stereocenters. The molecule has 2 N–H and O–H groups in total. The maximum atomic E-state index is 5.72. The lowest BCUT2D eigenvalue weighted by atomic mass is 10.1. The van der Waals surface area contributed by atoms with Gasteiger partial charge in [-0.2, -0.15) is 5.10 Å². The van der Waals surface area contributed by atoms with Crippen LogP contribution in [0.15, 0.2) is 41.5 Å². The van der Waals surface area contributed by atoms with E-state index in [4.69, 9.17) is 4.74 Å². The van der Waals surface area contributed by atoms with Gasteiger partial charge in [0.05, 0.1) is 18.8 Å². The second-order valence-corrected chi connectivity index (χ2v) is 6.67. The molecule has 1 aromatic heterocycles. The first-order chi connectivity index (χ1) is 12.6. The van der Waals surface area contributed by atoms with E-state index in [1.165, 1.54) is 5.56 Å². The Morgan fingerprint density at radius 1 is 1.19 bits per heavy atom. The summed E-state index contributed by atoms with van der Waals surface area (Å²) in [7, 11) is 1.93. The van der Waals surface area contributed by atoms with Crippen molar-refractivity contribution in [3.63, 3.8) is 0 Å². The van der Waals surface area contributed by atoms with E-state index in [2.05, 4.69) is 53.6 Å². The Kier molecular flexibility index (Phi) is 7.99. The van der Waals surface area contributed by atoms with Gasteiger partial charge in [0.25, 0.3) is 0 Å². The fraction of sp³-hybridized carbons (Fsp3) is 0.500. The van der Waals surface area contributed by atoms with Crippen LogP contribution in [-0.2, 0) is 20.0 Å². The summed E-state index contributed by atoms with van der Waals surface area (Å²) in [5, 5.41) is 10.8. The molecule has 6 nitrogen and oxygen atoms in total. The third kappa shape index (κ3) is 6.78. The van der Waals surface area contributed by atoms with Crippen molar-refractivity contribution < 1.29 is 4.74 Å². The number of nitrogens with zero attached hydrogens (tertiary/aromatic N) is 3. The zero-order valence-corrected chi connectivity index (χ0v) is 16.3. The number of hydrogen-bond donors (Lipinski definition) is 2. The molecule has 0 radical (unpaired) electrons. The summed E-state index contributed by atoms with van der Waals surface area (Å²) < 4.78 is 7.57. The van der Waals surface area contributed by atoms with E-state index < -0.39 is 0 Å². The Morgan fingerprint density at radius 3 is 2.58 bits per heavy atom. The van der Waals surface area contributed by atoms with E-state index >= 15 is 0 Å². The highest BCUT2D eigenvalue weighted by atomic mass is 16.5. The number of aliphatic imine (C=N–C) groups is 1. The fourth-order valence-corrected chi connectivity index (χ4v) is 2.40. The van der Waals surface area contributed by atoms with E-state index in [9.17, 15) is 0 Å². The minimum atomic E-state index is 0.536. The summed E-state index contributed by atoms with van der Waals surface area (Å²) >= 11 is 0. The summed E-state index contributed by atoms with van der Waals surface area (Å²) in [6.45, 7) is 9.38. The molecule has 2 rings (SSSR count). The van der Waals surface area contributed by atoms with Crippen LogP contribution in [0.3, 0.4) is 0 Å². The van der Waals surface area contributed by atoms with Crippen LogP contribution in [0.25, 0.3) is 0 Å². The minimum absolute atomic E-state index is 0.536. The number of guanidine groups is 1. The highest BCUT2D eigenvalue weighted by Gasteiger charge is 2.02. The molecule has 1 heterocycles. The molecule has 0 atom stereocenters. The molecule has 0 bridgehead atoms. The third-order valence-electron chi connectivity index (χ3n) is 3.88. The van der Waals surface area contributed by atoms with Crippen LogP contribution in [0.2, 0.25) is 0 Å². The summed E-state index contributed by atoms with van der Waals surface area (Å²) in [5.74, 6) is 2.29. The van der Waals surface area contributed by atoms with Crippen LogP contribution in [0.4, 0.5) is 0 Å². The Hall–Kier alpha value is -2.50. The largest absolute Gasteiger partial charge is 0.493 e. The van der Waals surface area contributed by atoms with E-state index in [-0.39, 0.29) is 0 Å². The normalized spacial score (nSPS) is 11.7. The number of hydrogen-bond acceptors (Lipinski definition) is 3. The van der Waals surface area contributed by atoms with Gasteiger partial charge in [0, 0.05) is 26.3 Å². The van der Waals surface area contributed by atoms with Gasteiger partial charge in [-0.15, -0.1) is 0 Å². The molecule has 0 spiro atoms. The lowest BCUT2D eigenvalue weighted by molar-refractivity contribution is 0.271. The molecule has 6 heteroatoms. The van der Waals surface area contributed by atoms with Crippen LogP contribution >= 0.6 is 0 Å². The predicted octanol–water partition coefficient (Wildman–Crippen LogP) is 2.75. The van der Waals surface area contributed by atoms with Gasteiger partial charge in [-0.1, -0.05) is 26.0 Å². The molecule has 0 saturated carbocycles. The number of ether oxygens (including phenoxy) is 1. The van der Waals surface area contributed by atoms with Crippen LogP contribution in [0.1, 0.15) is 32.0 Å². The van der Waals surface area contributed by atoms with Crippen LogP contribution in [0, 0.1) is 5.92 Å². The molecule has 0 saturated heterocycles. The Balaban J connectivity index is 1.80. The van der Waals surface area contributed by atoms with Gasteiger partial charge in [0.15, 0.2) is 5.96 Å². The Morgan fingerprint density at radius 2 is 1.96 bits per heavy atom. The first-order valence-electron chi connectivity index (χ1n) is 9.29. The highest BCUT2D eigenvalue weighted by molar-refractivity contribution is 5.79. The van der Waals surface area contributed by atoms with Crippen molar-refractivity contribution in [2.75, 3.05) is 19.7 Å². The van der Waals surface area contributed by atoms with Crippen molar-refractivity contribution in [3.05, 3.63) is 47.8 Å². The smallest absolute Gasteiger partial charge is 0.191 e. The van der Waals surface area contributed by atoms with Crippen LogP contribution < -0.4 is 15.4 Å². The van der Waals surface area contributed by atoms with Gasteiger partial charge in [-0.25, -0.2) is 4.99 Å². The molecule has 0 fully saturated rings. The van der Waals surface area contributed by atoms with E-state index in [0.717, 1.165) is 43.5 Å². The lowest BCUT2D eigenvalue weighted by Crippen LogP contribution is -2.38. The van der Waals surface area contributed by atoms with Crippen LogP contribution in [0.5, 0.6) is 5.75 Å². The quantitative estimate of drug-likeness (QED) is 0.535. The summed E-state index contributed by atoms with van der Waals surface area (Å²) in [5.41, 5.74) is 2.36. The second kappa shape index (κ2) is 10.5. The van der Waals surface area contributed by atoms with Crippen molar-refractivity contribution >= 4 is 5.96 Å². The van der Waals surface area contributed by atoms with Gasteiger partial charge >= 0.3 is 0 Å². The molecule has 0 amide bonds. The first kappa shape index (κ1) is 19.8. The van der Waals surface area contributed by atoms with Gasteiger partial charge in [-0.3, -0.25) is 4.68 Å². The monoisotopic (exact) mass is 357 g/mol. The third-order valence-corrected chi connectivity index (χ3v) is 3.88. The molecule has 0 aliphatic carbocycles. The standard InChI is InChI=1S/C20H31N5O/c1-5-21-20(23-14-18-11-13-24-25(18)4)22-12-10-17-6-8-19(9-7-17)26-15-16(2)3/h6-9,11,13,16H,5,10,12,14-15H2,1-4H3,(H2,21,22,23). The summed E-state index contributed by atoms with van der Waals surface area (Å²) in [6.07, 6.45) is 2.72. The number of rotatable bonds is 9. The molecule has 1 aromatic carbocycles. The van der Waals surface area contributed by atoms with Gasteiger partial charge < -0.3 is 15.4 Å². The molecular formula is C20H31N5O.